The summed E-state index contributed by atoms with van der Waals surface area (Å²) in [6.45, 7) is 2.79. The Bertz CT molecular complexity index is 330. The van der Waals surface area contributed by atoms with Gasteiger partial charge in [0, 0.05) is 20.7 Å². The van der Waals surface area contributed by atoms with Crippen LogP contribution >= 0.6 is 0 Å². The van der Waals surface area contributed by atoms with E-state index < -0.39 is 0 Å². The summed E-state index contributed by atoms with van der Waals surface area (Å²) in [5.74, 6) is 3.00. The average molecular weight is 265 g/mol. The molecule has 4 aliphatic rings. The van der Waals surface area contributed by atoms with E-state index in [2.05, 4.69) is 0 Å². The number of ether oxygens (including phenoxy) is 1. The van der Waals surface area contributed by atoms with E-state index in [-0.39, 0.29) is 12.0 Å². The Morgan fingerprint density at radius 1 is 1.21 bits per heavy atom. The van der Waals surface area contributed by atoms with Crippen LogP contribution in [0, 0.1) is 23.2 Å². The van der Waals surface area contributed by atoms with Gasteiger partial charge in [0.15, 0.2) is 0 Å². The number of rotatable bonds is 4. The number of methoxy groups -OCH3 is 1. The molecule has 0 saturated heterocycles. The van der Waals surface area contributed by atoms with Crippen LogP contribution in [-0.4, -0.2) is 37.6 Å². The van der Waals surface area contributed by atoms with Gasteiger partial charge in [-0.1, -0.05) is 0 Å². The standard InChI is InChI=1S/C16H27NO2/c1-11(19-3)15(18)17(2)10-16-7-12-4-13(8-16)6-14(5-12)9-16/h11-14H,4-10H2,1-3H3. The number of hydrogen-bond acceptors (Lipinski definition) is 2. The highest BCUT2D eigenvalue weighted by Gasteiger charge is 2.51. The van der Waals surface area contributed by atoms with Crippen molar-refractivity contribution in [1.29, 1.82) is 0 Å². The largest absolute Gasteiger partial charge is 0.372 e. The number of amides is 1. The van der Waals surface area contributed by atoms with Gasteiger partial charge in [-0.05, 0) is 68.6 Å². The molecule has 0 aromatic heterocycles. The molecule has 0 aliphatic heterocycles. The smallest absolute Gasteiger partial charge is 0.251 e. The molecule has 108 valence electrons. The minimum Gasteiger partial charge on any atom is -0.372 e. The second kappa shape index (κ2) is 4.76. The van der Waals surface area contributed by atoms with Crippen LogP contribution in [0.5, 0.6) is 0 Å². The van der Waals surface area contributed by atoms with Gasteiger partial charge in [-0.15, -0.1) is 0 Å². The first-order chi connectivity index (χ1) is 9.01. The lowest BCUT2D eigenvalue weighted by atomic mass is 9.49. The van der Waals surface area contributed by atoms with Gasteiger partial charge in [0.2, 0.25) is 0 Å². The average Bonchev–Trinajstić information content (AvgIpc) is 2.34. The summed E-state index contributed by atoms with van der Waals surface area (Å²) in [6.07, 6.45) is 8.16. The molecular formula is C16H27NO2. The molecule has 19 heavy (non-hydrogen) atoms. The van der Waals surface area contributed by atoms with E-state index >= 15 is 0 Å². The van der Waals surface area contributed by atoms with E-state index in [9.17, 15) is 4.79 Å². The van der Waals surface area contributed by atoms with E-state index in [4.69, 9.17) is 4.74 Å². The Kier molecular flexibility index (Phi) is 3.36. The topological polar surface area (TPSA) is 29.5 Å². The SMILES string of the molecule is COC(C)C(=O)N(C)CC12CC3CC(CC(C3)C1)C2. The van der Waals surface area contributed by atoms with Crippen molar-refractivity contribution in [1.82, 2.24) is 4.90 Å². The van der Waals surface area contributed by atoms with Crippen molar-refractivity contribution < 1.29 is 9.53 Å². The van der Waals surface area contributed by atoms with E-state index in [1.807, 2.05) is 18.9 Å². The van der Waals surface area contributed by atoms with Gasteiger partial charge in [0.1, 0.15) is 6.10 Å². The predicted octanol–water partition coefficient (Wildman–Crippen LogP) is 2.70. The minimum absolute atomic E-state index is 0.137. The molecule has 0 radical (unpaired) electrons. The Balaban J connectivity index is 1.67. The molecule has 4 fully saturated rings. The van der Waals surface area contributed by atoms with Gasteiger partial charge < -0.3 is 9.64 Å². The maximum Gasteiger partial charge on any atom is 0.251 e. The molecule has 0 spiro atoms. The fourth-order valence-electron chi connectivity index (χ4n) is 5.48. The molecule has 4 bridgehead atoms. The fraction of sp³-hybridized carbons (Fsp3) is 0.938. The molecule has 1 atom stereocenters. The zero-order valence-corrected chi connectivity index (χ0v) is 12.5. The first-order valence-electron chi connectivity index (χ1n) is 7.79. The first kappa shape index (κ1) is 13.4. The number of carbonyl (C=O) groups is 1. The van der Waals surface area contributed by atoms with Crippen LogP contribution < -0.4 is 0 Å². The summed E-state index contributed by atoms with van der Waals surface area (Å²) in [6, 6.07) is 0. The van der Waals surface area contributed by atoms with E-state index in [0.717, 1.165) is 24.3 Å². The number of nitrogens with zero attached hydrogens (tertiary/aromatic N) is 1. The highest BCUT2D eigenvalue weighted by molar-refractivity contribution is 5.80. The summed E-state index contributed by atoms with van der Waals surface area (Å²) >= 11 is 0. The molecule has 3 nitrogen and oxygen atoms in total. The lowest BCUT2D eigenvalue weighted by Crippen LogP contribution is -2.52. The Labute approximate surface area is 116 Å². The molecule has 1 unspecified atom stereocenters. The molecule has 0 aromatic carbocycles. The highest BCUT2D eigenvalue weighted by atomic mass is 16.5. The van der Waals surface area contributed by atoms with Gasteiger partial charge in [0.05, 0.1) is 0 Å². The lowest BCUT2D eigenvalue weighted by molar-refractivity contribution is -0.144. The first-order valence-corrected chi connectivity index (χ1v) is 7.79. The quantitative estimate of drug-likeness (QED) is 0.782. The van der Waals surface area contributed by atoms with Crippen molar-refractivity contribution in [3.05, 3.63) is 0 Å². The maximum absolute atomic E-state index is 12.2. The van der Waals surface area contributed by atoms with Gasteiger partial charge >= 0.3 is 0 Å². The second-order valence-corrected chi connectivity index (χ2v) is 7.49. The number of hydrogen-bond donors (Lipinski definition) is 0. The molecule has 1 amide bonds. The van der Waals surface area contributed by atoms with E-state index in [1.165, 1.54) is 38.5 Å². The Morgan fingerprint density at radius 3 is 2.11 bits per heavy atom. The summed E-state index contributed by atoms with van der Waals surface area (Å²) in [4.78, 5) is 14.1. The Morgan fingerprint density at radius 2 is 1.68 bits per heavy atom. The summed E-state index contributed by atoms with van der Waals surface area (Å²) in [5.41, 5.74) is 0.437. The van der Waals surface area contributed by atoms with Crippen molar-refractivity contribution in [2.24, 2.45) is 23.2 Å². The summed E-state index contributed by atoms with van der Waals surface area (Å²) < 4.78 is 5.16. The van der Waals surface area contributed by atoms with Crippen LogP contribution in [-0.2, 0) is 9.53 Å². The molecule has 4 saturated carbocycles. The molecule has 0 heterocycles. The second-order valence-electron chi connectivity index (χ2n) is 7.49. The van der Waals surface area contributed by atoms with E-state index in [1.54, 1.807) is 7.11 Å². The van der Waals surface area contributed by atoms with Crippen LogP contribution in [0.1, 0.15) is 45.4 Å². The zero-order chi connectivity index (χ0) is 13.6. The third kappa shape index (κ3) is 2.42. The van der Waals surface area contributed by atoms with Crippen molar-refractivity contribution in [2.75, 3.05) is 20.7 Å². The van der Waals surface area contributed by atoms with Crippen LogP contribution in [0.15, 0.2) is 0 Å². The summed E-state index contributed by atoms with van der Waals surface area (Å²) in [7, 11) is 3.57. The molecular weight excluding hydrogens is 238 g/mol. The predicted molar refractivity (Wildman–Crippen MR) is 74.7 cm³/mol. The van der Waals surface area contributed by atoms with Crippen molar-refractivity contribution in [2.45, 2.75) is 51.6 Å². The monoisotopic (exact) mass is 265 g/mol. The maximum atomic E-state index is 12.2. The number of likely N-dealkylation sites (N-methyl/N-ethyl adjacent to an activating group) is 1. The molecule has 0 aromatic rings. The zero-order valence-electron chi connectivity index (χ0n) is 12.5. The molecule has 4 rings (SSSR count). The van der Waals surface area contributed by atoms with Crippen LogP contribution in [0.3, 0.4) is 0 Å². The van der Waals surface area contributed by atoms with Gasteiger partial charge in [0.25, 0.3) is 5.91 Å². The third-order valence-electron chi connectivity index (χ3n) is 5.82. The number of carbonyl (C=O) groups excluding carboxylic acids is 1. The van der Waals surface area contributed by atoms with Gasteiger partial charge in [-0.3, -0.25) is 4.79 Å². The normalized spacial score (nSPS) is 41.3. The van der Waals surface area contributed by atoms with Crippen LogP contribution in [0.2, 0.25) is 0 Å². The molecule has 4 aliphatic carbocycles. The minimum atomic E-state index is -0.307. The highest BCUT2D eigenvalue weighted by Crippen LogP contribution is 2.60. The molecule has 0 N–H and O–H groups in total. The fourth-order valence-corrected chi connectivity index (χ4v) is 5.48. The molecule has 3 heteroatoms. The summed E-state index contributed by atoms with van der Waals surface area (Å²) in [5, 5.41) is 0. The van der Waals surface area contributed by atoms with Gasteiger partial charge in [-0.2, -0.15) is 0 Å². The lowest BCUT2D eigenvalue weighted by Gasteiger charge is -2.57. The van der Waals surface area contributed by atoms with Crippen LogP contribution in [0.4, 0.5) is 0 Å². The third-order valence-corrected chi connectivity index (χ3v) is 5.82. The van der Waals surface area contributed by atoms with E-state index in [0.29, 0.717) is 5.41 Å². The van der Waals surface area contributed by atoms with Crippen molar-refractivity contribution >= 4 is 5.91 Å². The van der Waals surface area contributed by atoms with Gasteiger partial charge in [-0.25, -0.2) is 0 Å². The van der Waals surface area contributed by atoms with Crippen LogP contribution in [0.25, 0.3) is 0 Å². The Hall–Kier alpha value is -0.570. The van der Waals surface area contributed by atoms with Crippen molar-refractivity contribution in [3.63, 3.8) is 0 Å². The van der Waals surface area contributed by atoms with Crippen molar-refractivity contribution in [3.8, 4) is 0 Å².